The number of piperidine rings is 1. The molecule has 0 bridgehead atoms. The van der Waals surface area contributed by atoms with Gasteiger partial charge in [-0.3, -0.25) is 9.69 Å². The number of ether oxygens (including phenoxy) is 1. The van der Waals surface area contributed by atoms with E-state index in [4.69, 9.17) is 4.74 Å². The second kappa shape index (κ2) is 6.12. The number of hydrogen-bond acceptors (Lipinski definition) is 3. The van der Waals surface area contributed by atoms with Crippen molar-refractivity contribution >= 4 is 5.97 Å². The summed E-state index contributed by atoms with van der Waals surface area (Å²) < 4.78 is 5.85. The Bertz CT molecular complexity index is 378. The van der Waals surface area contributed by atoms with Gasteiger partial charge in [-0.05, 0) is 48.0 Å². The van der Waals surface area contributed by atoms with E-state index < -0.39 is 5.41 Å². The minimum absolute atomic E-state index is 0.00273. The van der Waals surface area contributed by atoms with Gasteiger partial charge < -0.3 is 4.74 Å². The lowest BCUT2D eigenvalue weighted by Crippen LogP contribution is -2.62. The minimum Gasteiger partial charge on any atom is -0.462 e. The molecule has 0 aromatic heterocycles. The lowest BCUT2D eigenvalue weighted by atomic mass is 9.78. The van der Waals surface area contributed by atoms with E-state index in [0.29, 0.717) is 0 Å². The summed E-state index contributed by atoms with van der Waals surface area (Å²) >= 11 is 0. The zero-order valence-electron chi connectivity index (χ0n) is 15.0. The SMILES string of the molecule is C=CCN1C(C)(C)CC(OC(=O)C(C)(C)CC)CC1(C)C. The van der Waals surface area contributed by atoms with Crippen molar-refractivity contribution in [3.63, 3.8) is 0 Å². The van der Waals surface area contributed by atoms with E-state index in [1.54, 1.807) is 0 Å². The molecule has 0 spiro atoms. The summed E-state index contributed by atoms with van der Waals surface area (Å²) in [6.45, 7) is 19.6. The van der Waals surface area contributed by atoms with Crippen molar-refractivity contribution in [2.75, 3.05) is 6.54 Å². The van der Waals surface area contributed by atoms with E-state index in [0.717, 1.165) is 25.8 Å². The Labute approximate surface area is 130 Å². The maximum Gasteiger partial charge on any atom is 0.311 e. The third-order valence-corrected chi connectivity index (χ3v) is 4.94. The van der Waals surface area contributed by atoms with Gasteiger partial charge in [0.05, 0.1) is 5.41 Å². The summed E-state index contributed by atoms with van der Waals surface area (Å²) in [7, 11) is 0. The van der Waals surface area contributed by atoms with Crippen LogP contribution in [0.2, 0.25) is 0 Å². The van der Waals surface area contributed by atoms with Gasteiger partial charge in [-0.2, -0.15) is 0 Å². The Morgan fingerprint density at radius 2 is 1.76 bits per heavy atom. The van der Waals surface area contributed by atoms with Gasteiger partial charge in [0.25, 0.3) is 0 Å². The normalized spacial score (nSPS) is 22.8. The summed E-state index contributed by atoms with van der Waals surface area (Å²) in [6.07, 6.45) is 4.49. The van der Waals surface area contributed by atoms with Crippen molar-refractivity contribution in [3.05, 3.63) is 12.7 Å². The van der Waals surface area contributed by atoms with E-state index in [1.165, 1.54) is 0 Å². The number of carbonyl (C=O) groups is 1. The summed E-state index contributed by atoms with van der Waals surface area (Å²) in [5.41, 5.74) is -0.402. The first-order valence-electron chi connectivity index (χ1n) is 8.06. The highest BCUT2D eigenvalue weighted by Gasteiger charge is 2.46. The van der Waals surface area contributed by atoms with Gasteiger partial charge in [0.15, 0.2) is 0 Å². The number of carbonyl (C=O) groups excluding carboxylic acids is 1. The smallest absolute Gasteiger partial charge is 0.311 e. The van der Waals surface area contributed by atoms with Crippen molar-refractivity contribution in [1.82, 2.24) is 4.90 Å². The van der Waals surface area contributed by atoms with Crippen LogP contribution in [0.1, 0.15) is 67.7 Å². The molecule has 0 atom stereocenters. The maximum atomic E-state index is 12.3. The molecular weight excluding hydrogens is 262 g/mol. The molecule has 0 aromatic carbocycles. The number of likely N-dealkylation sites (tertiary alicyclic amines) is 1. The molecule has 1 saturated heterocycles. The Kier molecular flexibility index (Phi) is 5.31. The van der Waals surface area contributed by atoms with Crippen LogP contribution >= 0.6 is 0 Å². The molecule has 0 aromatic rings. The molecule has 0 N–H and O–H groups in total. The summed E-state index contributed by atoms with van der Waals surface area (Å²) in [4.78, 5) is 14.8. The van der Waals surface area contributed by atoms with Crippen LogP contribution in [0.3, 0.4) is 0 Å². The van der Waals surface area contributed by atoms with Crippen LogP contribution < -0.4 is 0 Å². The van der Waals surface area contributed by atoms with Crippen LogP contribution in [-0.4, -0.2) is 34.6 Å². The molecule has 1 aliphatic heterocycles. The van der Waals surface area contributed by atoms with Crippen LogP contribution in [0, 0.1) is 5.41 Å². The number of rotatable bonds is 5. The van der Waals surface area contributed by atoms with E-state index in [-0.39, 0.29) is 23.2 Å². The van der Waals surface area contributed by atoms with Crippen LogP contribution in [0.4, 0.5) is 0 Å². The van der Waals surface area contributed by atoms with Crippen LogP contribution in [0.5, 0.6) is 0 Å². The molecule has 0 amide bonds. The average molecular weight is 295 g/mol. The van der Waals surface area contributed by atoms with E-state index in [9.17, 15) is 4.79 Å². The third-order valence-electron chi connectivity index (χ3n) is 4.94. The van der Waals surface area contributed by atoms with Crippen molar-refractivity contribution in [2.24, 2.45) is 5.41 Å². The van der Waals surface area contributed by atoms with Crippen molar-refractivity contribution < 1.29 is 9.53 Å². The molecular formula is C18H33NO2. The summed E-state index contributed by atoms with van der Waals surface area (Å²) in [5, 5.41) is 0. The predicted octanol–water partition coefficient (Wildman–Crippen LogP) is 4.17. The number of nitrogens with zero attached hydrogens (tertiary/aromatic N) is 1. The summed E-state index contributed by atoms with van der Waals surface area (Å²) in [5.74, 6) is -0.0706. The van der Waals surface area contributed by atoms with Gasteiger partial charge in [0.1, 0.15) is 6.10 Å². The zero-order chi connectivity index (χ0) is 16.5. The Balaban J connectivity index is 2.86. The molecule has 0 radical (unpaired) electrons. The lowest BCUT2D eigenvalue weighted by molar-refractivity contribution is -0.169. The highest BCUT2D eigenvalue weighted by atomic mass is 16.5. The van der Waals surface area contributed by atoms with E-state index in [2.05, 4.69) is 39.2 Å². The molecule has 122 valence electrons. The lowest BCUT2D eigenvalue weighted by Gasteiger charge is -2.54. The molecule has 1 heterocycles. The maximum absolute atomic E-state index is 12.3. The van der Waals surface area contributed by atoms with Crippen molar-refractivity contribution in [1.29, 1.82) is 0 Å². The molecule has 0 saturated carbocycles. The second-order valence-corrected chi connectivity index (χ2v) is 8.20. The highest BCUT2D eigenvalue weighted by molar-refractivity contribution is 5.76. The largest absolute Gasteiger partial charge is 0.462 e. The Morgan fingerprint density at radius 3 is 2.14 bits per heavy atom. The molecule has 1 rings (SSSR count). The number of esters is 1. The molecule has 21 heavy (non-hydrogen) atoms. The van der Waals surface area contributed by atoms with Crippen LogP contribution in [0.25, 0.3) is 0 Å². The van der Waals surface area contributed by atoms with E-state index in [1.807, 2.05) is 26.8 Å². The third kappa shape index (κ3) is 4.09. The first kappa shape index (κ1) is 18.2. The number of hydrogen-bond donors (Lipinski definition) is 0. The molecule has 0 aliphatic carbocycles. The molecule has 0 unspecified atom stereocenters. The van der Waals surface area contributed by atoms with Gasteiger partial charge in [-0.1, -0.05) is 13.0 Å². The standard InChI is InChI=1S/C18H33NO2/c1-9-11-19-17(5,6)12-14(13-18(19,7)8)21-15(20)16(3,4)10-2/h9,14H,1,10-13H2,2-8H3. The van der Waals surface area contributed by atoms with Gasteiger partial charge in [-0.15, -0.1) is 6.58 Å². The van der Waals surface area contributed by atoms with Gasteiger partial charge in [-0.25, -0.2) is 0 Å². The summed E-state index contributed by atoms with van der Waals surface area (Å²) in [6, 6.07) is 0. The van der Waals surface area contributed by atoms with Crippen molar-refractivity contribution in [2.45, 2.75) is 84.9 Å². The first-order valence-corrected chi connectivity index (χ1v) is 8.06. The van der Waals surface area contributed by atoms with E-state index >= 15 is 0 Å². The molecule has 1 fully saturated rings. The first-order chi connectivity index (χ1) is 9.46. The fourth-order valence-electron chi connectivity index (χ4n) is 3.39. The molecule has 3 heteroatoms. The molecule has 1 aliphatic rings. The van der Waals surface area contributed by atoms with Crippen molar-refractivity contribution in [3.8, 4) is 0 Å². The van der Waals surface area contributed by atoms with Gasteiger partial charge >= 0.3 is 5.97 Å². The fraction of sp³-hybridized carbons (Fsp3) is 0.833. The van der Waals surface area contributed by atoms with Gasteiger partial charge in [0.2, 0.25) is 0 Å². The minimum atomic E-state index is -0.396. The highest BCUT2D eigenvalue weighted by Crippen LogP contribution is 2.40. The zero-order valence-corrected chi connectivity index (χ0v) is 15.0. The quantitative estimate of drug-likeness (QED) is 0.563. The van der Waals surface area contributed by atoms with Crippen LogP contribution in [0.15, 0.2) is 12.7 Å². The fourth-order valence-corrected chi connectivity index (χ4v) is 3.39. The second-order valence-electron chi connectivity index (χ2n) is 8.20. The molecule has 3 nitrogen and oxygen atoms in total. The topological polar surface area (TPSA) is 29.5 Å². The Morgan fingerprint density at radius 1 is 1.29 bits per heavy atom. The Hall–Kier alpha value is -0.830. The predicted molar refractivity (Wildman–Crippen MR) is 88.2 cm³/mol. The monoisotopic (exact) mass is 295 g/mol. The average Bonchev–Trinajstić information content (AvgIpc) is 2.32. The van der Waals surface area contributed by atoms with Crippen LogP contribution in [-0.2, 0) is 9.53 Å². The van der Waals surface area contributed by atoms with Gasteiger partial charge in [0, 0.05) is 30.5 Å².